The second-order valence-corrected chi connectivity index (χ2v) is 5.25. The van der Waals surface area contributed by atoms with Gasteiger partial charge in [-0.15, -0.1) is 0 Å². The van der Waals surface area contributed by atoms with Crippen molar-refractivity contribution in [3.05, 3.63) is 48.6 Å². The van der Waals surface area contributed by atoms with Crippen molar-refractivity contribution in [3.8, 4) is 11.5 Å². The highest BCUT2D eigenvalue weighted by Crippen LogP contribution is 2.22. The van der Waals surface area contributed by atoms with Gasteiger partial charge in [0.15, 0.2) is 11.5 Å². The maximum Gasteiger partial charge on any atom is 0.415 e. The molecule has 1 fully saturated rings. The van der Waals surface area contributed by atoms with E-state index in [-0.39, 0.29) is 24.1 Å². The summed E-state index contributed by atoms with van der Waals surface area (Å²) in [6.45, 7) is 0.567. The van der Waals surface area contributed by atoms with Gasteiger partial charge in [0.2, 0.25) is 0 Å². The highest BCUT2D eigenvalue weighted by Gasteiger charge is 2.31. The van der Waals surface area contributed by atoms with Crippen LogP contribution in [0.3, 0.4) is 0 Å². The molecule has 0 bridgehead atoms. The summed E-state index contributed by atoms with van der Waals surface area (Å²) in [6, 6.07) is 5.54. The number of ether oxygens (including phenoxy) is 2. The van der Waals surface area contributed by atoms with Crippen molar-refractivity contribution in [1.82, 2.24) is 14.9 Å². The summed E-state index contributed by atoms with van der Waals surface area (Å²) in [4.78, 5) is 20.6. The number of halogens is 2. The van der Waals surface area contributed by atoms with Gasteiger partial charge in [0.1, 0.15) is 6.61 Å². The number of hydrogen-bond donors (Lipinski definition) is 0. The highest BCUT2D eigenvalue weighted by atomic mass is 19.1. The van der Waals surface area contributed by atoms with Crippen molar-refractivity contribution in [2.45, 2.75) is 18.9 Å². The molecule has 0 N–H and O–H groups in total. The van der Waals surface area contributed by atoms with Gasteiger partial charge in [0.25, 0.3) is 11.9 Å². The first-order valence-corrected chi connectivity index (χ1v) is 7.47. The zero-order valence-electron chi connectivity index (χ0n) is 12.7. The van der Waals surface area contributed by atoms with Gasteiger partial charge < -0.3 is 14.4 Å². The second kappa shape index (κ2) is 7.20. The van der Waals surface area contributed by atoms with Crippen molar-refractivity contribution in [2.75, 3.05) is 13.2 Å². The summed E-state index contributed by atoms with van der Waals surface area (Å²) in [7, 11) is 0. The third-order valence-electron chi connectivity index (χ3n) is 3.69. The predicted molar refractivity (Wildman–Crippen MR) is 79.6 cm³/mol. The van der Waals surface area contributed by atoms with E-state index in [9.17, 15) is 13.6 Å². The Bertz CT molecular complexity index is 729. The fourth-order valence-corrected chi connectivity index (χ4v) is 2.51. The molecule has 0 saturated carbocycles. The number of amides is 1. The number of carbonyl (C=O) groups excluding carboxylic acids is 1. The van der Waals surface area contributed by atoms with Crippen molar-refractivity contribution in [2.24, 2.45) is 0 Å². The lowest BCUT2D eigenvalue weighted by Crippen LogP contribution is -2.40. The zero-order chi connectivity index (χ0) is 16.9. The Morgan fingerprint density at radius 3 is 2.50 bits per heavy atom. The molecule has 24 heavy (non-hydrogen) atoms. The minimum atomic E-state index is -0.852. The molecule has 3 rings (SSSR count). The van der Waals surface area contributed by atoms with Gasteiger partial charge in [-0.05, 0) is 37.1 Å². The topological polar surface area (TPSA) is 64.5 Å². The lowest BCUT2D eigenvalue weighted by Gasteiger charge is -2.24. The van der Waals surface area contributed by atoms with Gasteiger partial charge in [-0.1, -0.05) is 0 Å². The first-order valence-electron chi connectivity index (χ1n) is 7.47. The van der Waals surface area contributed by atoms with Crippen LogP contribution in [0.4, 0.5) is 13.6 Å². The Morgan fingerprint density at radius 2 is 1.83 bits per heavy atom. The smallest absolute Gasteiger partial charge is 0.415 e. The first kappa shape index (κ1) is 16.1. The SMILES string of the molecule is O=C(Oc1cccnc1F)N1CCC[C@H]1COc1cccnc1F. The Balaban J connectivity index is 1.62. The lowest BCUT2D eigenvalue weighted by atomic mass is 10.2. The summed E-state index contributed by atoms with van der Waals surface area (Å²) >= 11 is 0. The molecule has 1 atom stereocenters. The first-order chi connectivity index (χ1) is 11.6. The van der Waals surface area contributed by atoms with E-state index < -0.39 is 18.0 Å². The van der Waals surface area contributed by atoms with Crippen molar-refractivity contribution in [1.29, 1.82) is 0 Å². The standard InChI is InChI=1S/C16H15F2N3O3/c17-14-12(5-1-7-19-14)23-10-11-4-3-9-21(11)16(22)24-13-6-2-8-20-15(13)18/h1-2,5-8,11H,3-4,9-10H2/t11-/m0/s1. The third-order valence-corrected chi connectivity index (χ3v) is 3.69. The predicted octanol–water partition coefficient (Wildman–Crippen LogP) is 2.80. The molecule has 1 aliphatic heterocycles. The van der Waals surface area contributed by atoms with Crippen LogP contribution in [0.25, 0.3) is 0 Å². The summed E-state index contributed by atoms with van der Waals surface area (Å²) in [5.74, 6) is -1.76. The van der Waals surface area contributed by atoms with Crippen LogP contribution in [0.5, 0.6) is 11.5 Å². The summed E-state index contributed by atoms with van der Waals surface area (Å²) in [6.07, 6.45) is 3.35. The van der Waals surface area contributed by atoms with Crippen LogP contribution >= 0.6 is 0 Å². The monoisotopic (exact) mass is 335 g/mol. The lowest BCUT2D eigenvalue weighted by molar-refractivity contribution is 0.126. The van der Waals surface area contributed by atoms with E-state index in [2.05, 4.69) is 9.97 Å². The van der Waals surface area contributed by atoms with E-state index in [0.717, 1.165) is 6.42 Å². The molecule has 1 amide bonds. The zero-order valence-corrected chi connectivity index (χ0v) is 12.7. The summed E-state index contributed by atoms with van der Waals surface area (Å²) < 4.78 is 37.4. The molecule has 6 nitrogen and oxygen atoms in total. The van der Waals surface area contributed by atoms with Gasteiger partial charge in [0, 0.05) is 18.9 Å². The molecule has 8 heteroatoms. The van der Waals surface area contributed by atoms with Crippen molar-refractivity contribution < 1.29 is 23.0 Å². The molecule has 0 aromatic carbocycles. The van der Waals surface area contributed by atoms with E-state index >= 15 is 0 Å². The van der Waals surface area contributed by atoms with Crippen LogP contribution in [0.15, 0.2) is 36.7 Å². The molecule has 1 aliphatic rings. The minimum absolute atomic E-state index is 0.0241. The second-order valence-electron chi connectivity index (χ2n) is 5.25. The summed E-state index contributed by atoms with van der Waals surface area (Å²) in [5, 5.41) is 0. The molecule has 0 radical (unpaired) electrons. The number of rotatable bonds is 4. The van der Waals surface area contributed by atoms with E-state index in [4.69, 9.17) is 9.47 Å². The number of aromatic nitrogens is 2. The van der Waals surface area contributed by atoms with E-state index in [0.29, 0.717) is 13.0 Å². The average Bonchev–Trinajstić information content (AvgIpc) is 3.05. The van der Waals surface area contributed by atoms with Crippen molar-refractivity contribution >= 4 is 6.09 Å². The van der Waals surface area contributed by atoms with Crippen LogP contribution in [-0.4, -0.2) is 40.2 Å². The molecular formula is C16H15F2N3O3. The van der Waals surface area contributed by atoms with Gasteiger partial charge in [-0.2, -0.15) is 8.78 Å². The van der Waals surface area contributed by atoms with Crippen LogP contribution in [0.1, 0.15) is 12.8 Å². The Hall–Kier alpha value is -2.77. The van der Waals surface area contributed by atoms with Crippen LogP contribution in [-0.2, 0) is 0 Å². The molecule has 2 aromatic rings. The Morgan fingerprint density at radius 1 is 1.17 bits per heavy atom. The van der Waals surface area contributed by atoms with Gasteiger partial charge in [-0.25, -0.2) is 14.8 Å². The third kappa shape index (κ3) is 3.58. The molecule has 0 aliphatic carbocycles. The minimum Gasteiger partial charge on any atom is -0.487 e. The number of pyridine rings is 2. The molecule has 126 valence electrons. The van der Waals surface area contributed by atoms with Crippen LogP contribution < -0.4 is 9.47 Å². The Kier molecular flexibility index (Phi) is 4.83. The molecule has 3 heterocycles. The molecular weight excluding hydrogens is 320 g/mol. The van der Waals surface area contributed by atoms with Crippen LogP contribution in [0.2, 0.25) is 0 Å². The van der Waals surface area contributed by atoms with E-state index in [1.165, 1.54) is 35.5 Å². The highest BCUT2D eigenvalue weighted by molar-refractivity contribution is 5.71. The summed E-state index contributed by atoms with van der Waals surface area (Å²) in [5.41, 5.74) is 0. The van der Waals surface area contributed by atoms with Crippen LogP contribution in [0, 0.1) is 11.9 Å². The quantitative estimate of drug-likeness (QED) is 0.804. The van der Waals surface area contributed by atoms with Gasteiger partial charge in [0.05, 0.1) is 6.04 Å². The van der Waals surface area contributed by atoms with Gasteiger partial charge in [-0.3, -0.25) is 0 Å². The Labute approximate surface area is 137 Å². The fraction of sp³-hybridized carbons (Fsp3) is 0.312. The molecule has 2 aromatic heterocycles. The maximum absolute atomic E-state index is 13.5. The molecule has 0 spiro atoms. The number of carbonyl (C=O) groups is 1. The van der Waals surface area contributed by atoms with Gasteiger partial charge >= 0.3 is 6.09 Å². The maximum atomic E-state index is 13.5. The fourth-order valence-electron chi connectivity index (χ4n) is 2.51. The number of likely N-dealkylation sites (tertiary alicyclic amines) is 1. The normalized spacial score (nSPS) is 16.9. The van der Waals surface area contributed by atoms with E-state index in [1.807, 2.05) is 0 Å². The molecule has 1 saturated heterocycles. The van der Waals surface area contributed by atoms with E-state index in [1.54, 1.807) is 6.07 Å². The number of hydrogen-bond acceptors (Lipinski definition) is 5. The van der Waals surface area contributed by atoms with Crippen molar-refractivity contribution in [3.63, 3.8) is 0 Å². The molecule has 0 unspecified atom stereocenters. The number of nitrogens with zero attached hydrogens (tertiary/aromatic N) is 3. The average molecular weight is 335 g/mol. The largest absolute Gasteiger partial charge is 0.487 e.